The van der Waals surface area contributed by atoms with Gasteiger partial charge in [0.25, 0.3) is 0 Å². The summed E-state index contributed by atoms with van der Waals surface area (Å²) >= 11 is 12.2. The number of hydrogen-bond acceptors (Lipinski definition) is 4. The molecule has 0 aliphatic carbocycles. The van der Waals surface area contributed by atoms with Crippen LogP contribution in [0, 0.1) is 5.92 Å². The van der Waals surface area contributed by atoms with Gasteiger partial charge in [0.05, 0.1) is 47.8 Å². The number of rotatable bonds is 5. The number of amides is 1. The van der Waals surface area contributed by atoms with Crippen LogP contribution in [-0.2, 0) is 16.0 Å². The number of hydrogen-bond donors (Lipinski definition) is 0. The third-order valence-electron chi connectivity index (χ3n) is 6.69. The summed E-state index contributed by atoms with van der Waals surface area (Å²) in [6.45, 7) is 10.9. The van der Waals surface area contributed by atoms with Gasteiger partial charge >= 0.3 is 0 Å². The van der Waals surface area contributed by atoms with Crippen molar-refractivity contribution in [2.24, 2.45) is 5.92 Å². The summed E-state index contributed by atoms with van der Waals surface area (Å²) in [6.07, 6.45) is 2.83. The molecule has 0 radical (unpaired) electrons. The number of nitrogens with zero attached hydrogens (tertiary/aromatic N) is 3. The molecule has 7 heteroatoms. The van der Waals surface area contributed by atoms with Gasteiger partial charge in [0.2, 0.25) is 5.91 Å². The summed E-state index contributed by atoms with van der Waals surface area (Å²) in [7, 11) is 0. The van der Waals surface area contributed by atoms with Gasteiger partial charge in [-0.3, -0.25) is 14.6 Å². The topological polar surface area (TPSA) is 36.0 Å². The Morgan fingerprint density at radius 1 is 1.07 bits per heavy atom. The van der Waals surface area contributed by atoms with E-state index in [1.54, 1.807) is 6.07 Å². The summed E-state index contributed by atoms with van der Waals surface area (Å²) in [6, 6.07) is 6.21. The van der Waals surface area contributed by atoms with E-state index in [2.05, 4.69) is 28.5 Å². The van der Waals surface area contributed by atoms with Crippen molar-refractivity contribution in [3.05, 3.63) is 33.8 Å². The summed E-state index contributed by atoms with van der Waals surface area (Å²) < 4.78 is 6.10. The zero-order chi connectivity index (χ0) is 21.3. The molecule has 0 aromatic heterocycles. The molecule has 3 fully saturated rings. The van der Waals surface area contributed by atoms with Crippen molar-refractivity contribution in [1.29, 1.82) is 0 Å². The lowest BCUT2D eigenvalue weighted by Gasteiger charge is -2.54. The first-order valence-electron chi connectivity index (χ1n) is 11.2. The maximum absolute atomic E-state index is 13.5. The van der Waals surface area contributed by atoms with E-state index in [0.29, 0.717) is 35.6 Å². The Morgan fingerprint density at radius 3 is 2.50 bits per heavy atom. The Balaban J connectivity index is 1.57. The molecule has 3 aliphatic rings. The normalized spacial score (nSPS) is 28.2. The number of carbonyl (C=O) groups is 1. The van der Waals surface area contributed by atoms with Crippen molar-refractivity contribution in [1.82, 2.24) is 14.7 Å². The highest BCUT2D eigenvalue weighted by Gasteiger charge is 2.47. The van der Waals surface area contributed by atoms with E-state index in [0.717, 1.165) is 38.3 Å². The number of carbonyl (C=O) groups excluding carboxylic acids is 1. The van der Waals surface area contributed by atoms with Crippen LogP contribution in [0.5, 0.6) is 0 Å². The monoisotopic (exact) mass is 453 g/mol. The number of benzene rings is 1. The summed E-state index contributed by atoms with van der Waals surface area (Å²) in [5.74, 6) is 0.773. The van der Waals surface area contributed by atoms with Crippen LogP contribution in [0.15, 0.2) is 18.2 Å². The number of likely N-dealkylation sites (tertiary alicyclic amines) is 1. The SMILES string of the molecule is CC(C)CN1CCN(C(=O)Cc2ccc(Cl)c(Cl)c2)[C@@H]2C(N3CCCC3)COC[C@H]21. The second-order valence-electron chi connectivity index (χ2n) is 9.31. The molecule has 3 heterocycles. The smallest absolute Gasteiger partial charge is 0.227 e. The molecule has 3 atom stereocenters. The summed E-state index contributed by atoms with van der Waals surface area (Å²) in [5.41, 5.74) is 0.917. The molecule has 0 N–H and O–H groups in total. The zero-order valence-corrected chi connectivity index (χ0v) is 19.5. The molecular weight excluding hydrogens is 421 g/mol. The van der Waals surface area contributed by atoms with Crippen LogP contribution in [0.25, 0.3) is 0 Å². The van der Waals surface area contributed by atoms with E-state index in [1.165, 1.54) is 12.8 Å². The Morgan fingerprint density at radius 2 is 1.80 bits per heavy atom. The number of fused-ring (bicyclic) bond motifs is 1. The largest absolute Gasteiger partial charge is 0.378 e. The third kappa shape index (κ3) is 4.81. The fourth-order valence-electron chi connectivity index (χ4n) is 5.36. The molecule has 0 bridgehead atoms. The second-order valence-corrected chi connectivity index (χ2v) is 10.1. The molecule has 1 unspecified atom stereocenters. The Hall–Kier alpha value is -0.850. The minimum atomic E-state index is 0.179. The average Bonchev–Trinajstić information content (AvgIpc) is 3.25. The van der Waals surface area contributed by atoms with Crippen molar-refractivity contribution >= 4 is 29.1 Å². The summed E-state index contributed by atoms with van der Waals surface area (Å²) in [5, 5.41) is 1.02. The highest BCUT2D eigenvalue weighted by atomic mass is 35.5. The average molecular weight is 454 g/mol. The fraction of sp³-hybridized carbons (Fsp3) is 0.696. The van der Waals surface area contributed by atoms with Crippen molar-refractivity contribution in [2.75, 3.05) is 45.9 Å². The van der Waals surface area contributed by atoms with Crippen LogP contribution in [0.2, 0.25) is 10.0 Å². The molecule has 4 rings (SSSR count). The predicted octanol–water partition coefficient (Wildman–Crippen LogP) is 3.57. The van der Waals surface area contributed by atoms with Gasteiger partial charge in [-0.1, -0.05) is 43.1 Å². The van der Waals surface area contributed by atoms with E-state index < -0.39 is 0 Å². The van der Waals surface area contributed by atoms with Gasteiger partial charge in [-0.2, -0.15) is 0 Å². The first-order valence-corrected chi connectivity index (χ1v) is 12.0. The van der Waals surface area contributed by atoms with E-state index in [4.69, 9.17) is 27.9 Å². The fourth-order valence-corrected chi connectivity index (χ4v) is 5.68. The van der Waals surface area contributed by atoms with Crippen LogP contribution in [-0.4, -0.2) is 84.7 Å². The van der Waals surface area contributed by atoms with Crippen LogP contribution in [0.3, 0.4) is 0 Å². The molecule has 5 nitrogen and oxygen atoms in total. The summed E-state index contributed by atoms with van der Waals surface area (Å²) in [4.78, 5) is 20.7. The van der Waals surface area contributed by atoms with Gasteiger partial charge in [-0.25, -0.2) is 0 Å². The molecule has 166 valence electrons. The maximum atomic E-state index is 13.5. The Kier molecular flexibility index (Phi) is 7.26. The van der Waals surface area contributed by atoms with Crippen molar-refractivity contribution in [3.8, 4) is 0 Å². The van der Waals surface area contributed by atoms with Gasteiger partial charge < -0.3 is 9.64 Å². The van der Waals surface area contributed by atoms with Crippen LogP contribution < -0.4 is 0 Å². The highest BCUT2D eigenvalue weighted by Crippen LogP contribution is 2.31. The van der Waals surface area contributed by atoms with Gasteiger partial charge in [0.15, 0.2) is 0 Å². The van der Waals surface area contributed by atoms with Gasteiger partial charge in [0.1, 0.15) is 0 Å². The van der Waals surface area contributed by atoms with Gasteiger partial charge in [-0.05, 0) is 49.5 Å². The molecule has 1 aromatic carbocycles. The van der Waals surface area contributed by atoms with Crippen molar-refractivity contribution in [2.45, 2.75) is 51.2 Å². The molecule has 3 saturated heterocycles. The van der Waals surface area contributed by atoms with Crippen molar-refractivity contribution < 1.29 is 9.53 Å². The lowest BCUT2D eigenvalue weighted by molar-refractivity contribution is -0.153. The molecule has 0 spiro atoms. The standard InChI is InChI=1S/C23H33Cl2N3O2/c1-16(2)13-27-9-10-28(22(29)12-17-5-6-18(24)19(25)11-17)23-20(14-30-15-21(23)27)26-7-3-4-8-26/h5-6,11,16,20-21,23H,3-4,7-10,12-15H2,1-2H3/t20?,21-,23-/m1/s1. The minimum Gasteiger partial charge on any atom is -0.378 e. The van der Waals surface area contributed by atoms with E-state index in [9.17, 15) is 4.79 Å². The van der Waals surface area contributed by atoms with Gasteiger partial charge in [0, 0.05) is 19.6 Å². The molecule has 30 heavy (non-hydrogen) atoms. The number of halogens is 2. The lowest BCUT2D eigenvalue weighted by Crippen LogP contribution is -2.71. The van der Waals surface area contributed by atoms with Gasteiger partial charge in [-0.15, -0.1) is 0 Å². The third-order valence-corrected chi connectivity index (χ3v) is 7.43. The lowest BCUT2D eigenvalue weighted by atomic mass is 9.90. The van der Waals surface area contributed by atoms with E-state index >= 15 is 0 Å². The predicted molar refractivity (Wildman–Crippen MR) is 121 cm³/mol. The maximum Gasteiger partial charge on any atom is 0.227 e. The molecular formula is C23H33Cl2N3O2. The Bertz CT molecular complexity index is 754. The van der Waals surface area contributed by atoms with E-state index in [-0.39, 0.29) is 24.0 Å². The first kappa shape index (κ1) is 22.3. The van der Waals surface area contributed by atoms with Crippen LogP contribution in [0.1, 0.15) is 32.3 Å². The minimum absolute atomic E-state index is 0.179. The van der Waals surface area contributed by atoms with Crippen molar-refractivity contribution in [3.63, 3.8) is 0 Å². The van der Waals surface area contributed by atoms with E-state index in [1.807, 2.05) is 12.1 Å². The number of piperazine rings is 1. The quantitative estimate of drug-likeness (QED) is 0.682. The molecule has 1 aromatic rings. The molecule has 3 aliphatic heterocycles. The second kappa shape index (κ2) is 9.74. The van der Waals surface area contributed by atoms with Crippen LogP contribution >= 0.6 is 23.2 Å². The molecule has 1 amide bonds. The Labute approximate surface area is 190 Å². The zero-order valence-electron chi connectivity index (χ0n) is 18.0. The van der Waals surface area contributed by atoms with Crippen LogP contribution in [0.4, 0.5) is 0 Å². The molecule has 0 saturated carbocycles. The number of ether oxygens (including phenoxy) is 1. The first-order chi connectivity index (χ1) is 14.4. The highest BCUT2D eigenvalue weighted by molar-refractivity contribution is 6.42.